The van der Waals surface area contributed by atoms with Crippen molar-refractivity contribution >= 4 is 11.9 Å². The molecule has 0 bridgehead atoms. The number of carbonyl (C=O) groups is 2. The van der Waals surface area contributed by atoms with E-state index in [2.05, 4.69) is 5.32 Å². The van der Waals surface area contributed by atoms with Gasteiger partial charge in [0, 0.05) is 5.41 Å². The number of nitrogens with one attached hydrogen (secondary N) is 1. The van der Waals surface area contributed by atoms with Crippen molar-refractivity contribution in [3.63, 3.8) is 0 Å². The van der Waals surface area contributed by atoms with Crippen LogP contribution in [-0.4, -0.2) is 22.5 Å². The van der Waals surface area contributed by atoms with Gasteiger partial charge in [0.05, 0.1) is 0 Å². The third-order valence-electron chi connectivity index (χ3n) is 4.72. The molecule has 4 heteroatoms. The third kappa shape index (κ3) is 2.38. The molecule has 1 amide bonds. The van der Waals surface area contributed by atoms with Gasteiger partial charge in [-0.2, -0.15) is 0 Å². The first-order valence-electron chi connectivity index (χ1n) is 7.05. The zero-order valence-electron chi connectivity index (χ0n) is 11.1. The SMILES string of the molecule is CC1(C(=O)NC2(C(=O)O)CCCCC2)CCCC1. The van der Waals surface area contributed by atoms with Gasteiger partial charge in [0.15, 0.2) is 0 Å². The van der Waals surface area contributed by atoms with Crippen molar-refractivity contribution < 1.29 is 14.7 Å². The number of hydrogen-bond acceptors (Lipinski definition) is 2. The van der Waals surface area contributed by atoms with Crippen LogP contribution in [0.2, 0.25) is 0 Å². The monoisotopic (exact) mass is 253 g/mol. The van der Waals surface area contributed by atoms with Crippen molar-refractivity contribution in [1.82, 2.24) is 5.32 Å². The summed E-state index contributed by atoms with van der Waals surface area (Å²) in [6, 6.07) is 0. The smallest absolute Gasteiger partial charge is 0.329 e. The van der Waals surface area contributed by atoms with Crippen molar-refractivity contribution in [3.8, 4) is 0 Å². The average Bonchev–Trinajstić information content (AvgIpc) is 2.78. The maximum Gasteiger partial charge on any atom is 0.329 e. The summed E-state index contributed by atoms with van der Waals surface area (Å²) in [6.07, 6.45) is 7.92. The van der Waals surface area contributed by atoms with Gasteiger partial charge in [-0.05, 0) is 25.7 Å². The molecule has 0 unspecified atom stereocenters. The molecule has 2 rings (SSSR count). The number of rotatable bonds is 3. The normalized spacial score (nSPS) is 25.6. The van der Waals surface area contributed by atoms with Crippen LogP contribution >= 0.6 is 0 Å². The summed E-state index contributed by atoms with van der Waals surface area (Å²) in [6.45, 7) is 1.97. The Kier molecular flexibility index (Phi) is 3.64. The average molecular weight is 253 g/mol. The van der Waals surface area contributed by atoms with E-state index in [1.165, 1.54) is 0 Å². The second-order valence-corrected chi connectivity index (χ2v) is 6.17. The molecule has 0 radical (unpaired) electrons. The van der Waals surface area contributed by atoms with Gasteiger partial charge in [-0.1, -0.05) is 39.0 Å². The van der Waals surface area contributed by atoms with Gasteiger partial charge >= 0.3 is 5.97 Å². The maximum absolute atomic E-state index is 12.4. The molecule has 2 fully saturated rings. The molecular formula is C14H23NO3. The van der Waals surface area contributed by atoms with Crippen LogP contribution in [0.1, 0.15) is 64.7 Å². The fraction of sp³-hybridized carbons (Fsp3) is 0.857. The van der Waals surface area contributed by atoms with Crippen molar-refractivity contribution in [2.45, 2.75) is 70.3 Å². The summed E-state index contributed by atoms with van der Waals surface area (Å²) in [5.74, 6) is -0.915. The Morgan fingerprint density at radius 2 is 1.44 bits per heavy atom. The van der Waals surface area contributed by atoms with E-state index in [1.807, 2.05) is 6.92 Å². The van der Waals surface area contributed by atoms with Crippen molar-refractivity contribution in [2.75, 3.05) is 0 Å². The molecule has 2 saturated carbocycles. The summed E-state index contributed by atoms with van der Waals surface area (Å²) in [5.41, 5.74) is -1.35. The minimum absolute atomic E-state index is 0.0516. The molecule has 2 aliphatic rings. The molecule has 18 heavy (non-hydrogen) atoms. The topological polar surface area (TPSA) is 66.4 Å². The molecule has 0 aromatic rings. The molecule has 0 atom stereocenters. The van der Waals surface area contributed by atoms with Crippen LogP contribution in [-0.2, 0) is 9.59 Å². The zero-order chi connectivity index (χ0) is 13.2. The Labute approximate surface area is 108 Å². The van der Waals surface area contributed by atoms with Crippen LogP contribution < -0.4 is 5.32 Å². The highest BCUT2D eigenvalue weighted by Gasteiger charge is 2.45. The lowest BCUT2D eigenvalue weighted by Crippen LogP contribution is -2.58. The predicted octanol–water partition coefficient (Wildman–Crippen LogP) is 2.47. The molecule has 0 aromatic heterocycles. The Balaban J connectivity index is 2.09. The fourth-order valence-electron chi connectivity index (χ4n) is 3.30. The van der Waals surface area contributed by atoms with Gasteiger partial charge in [0.25, 0.3) is 0 Å². The van der Waals surface area contributed by atoms with Crippen LogP contribution in [0.15, 0.2) is 0 Å². The second kappa shape index (κ2) is 4.90. The predicted molar refractivity (Wildman–Crippen MR) is 68.2 cm³/mol. The highest BCUT2D eigenvalue weighted by atomic mass is 16.4. The number of hydrogen-bond donors (Lipinski definition) is 2. The molecule has 0 aromatic carbocycles. The minimum Gasteiger partial charge on any atom is -0.480 e. The molecule has 0 aliphatic heterocycles. The Morgan fingerprint density at radius 1 is 0.944 bits per heavy atom. The summed E-state index contributed by atoms with van der Waals surface area (Å²) < 4.78 is 0. The lowest BCUT2D eigenvalue weighted by atomic mass is 9.79. The lowest BCUT2D eigenvalue weighted by Gasteiger charge is -2.36. The van der Waals surface area contributed by atoms with Gasteiger partial charge < -0.3 is 10.4 Å². The van der Waals surface area contributed by atoms with Gasteiger partial charge in [-0.3, -0.25) is 4.79 Å². The second-order valence-electron chi connectivity index (χ2n) is 6.17. The molecule has 4 nitrogen and oxygen atoms in total. The first-order chi connectivity index (χ1) is 8.49. The number of carboxylic acids is 1. The summed E-state index contributed by atoms with van der Waals surface area (Å²) in [4.78, 5) is 23.9. The zero-order valence-corrected chi connectivity index (χ0v) is 11.1. The van der Waals surface area contributed by atoms with E-state index in [0.717, 1.165) is 44.9 Å². The van der Waals surface area contributed by atoms with Gasteiger partial charge in [0.1, 0.15) is 5.54 Å². The first-order valence-corrected chi connectivity index (χ1v) is 7.05. The van der Waals surface area contributed by atoms with E-state index in [0.29, 0.717) is 12.8 Å². The van der Waals surface area contributed by atoms with Crippen LogP contribution in [0.3, 0.4) is 0 Å². The highest BCUT2D eigenvalue weighted by molar-refractivity contribution is 5.90. The molecule has 102 valence electrons. The maximum atomic E-state index is 12.4. The summed E-state index contributed by atoms with van der Waals surface area (Å²) in [5, 5.41) is 12.3. The number of carboxylic acid groups (broad SMARTS) is 1. The van der Waals surface area contributed by atoms with Gasteiger partial charge in [-0.15, -0.1) is 0 Å². The number of amides is 1. The van der Waals surface area contributed by atoms with Crippen molar-refractivity contribution in [3.05, 3.63) is 0 Å². The van der Waals surface area contributed by atoms with E-state index < -0.39 is 11.5 Å². The Morgan fingerprint density at radius 3 is 1.94 bits per heavy atom. The number of carbonyl (C=O) groups excluding carboxylic acids is 1. The molecule has 2 N–H and O–H groups in total. The van der Waals surface area contributed by atoms with E-state index >= 15 is 0 Å². The minimum atomic E-state index is -0.999. The van der Waals surface area contributed by atoms with E-state index in [1.54, 1.807) is 0 Å². The molecular weight excluding hydrogens is 230 g/mol. The summed E-state index contributed by atoms with van der Waals surface area (Å²) >= 11 is 0. The number of aliphatic carboxylic acids is 1. The van der Waals surface area contributed by atoms with Crippen LogP contribution in [0.25, 0.3) is 0 Å². The van der Waals surface area contributed by atoms with E-state index in [9.17, 15) is 14.7 Å². The van der Waals surface area contributed by atoms with Crippen molar-refractivity contribution in [2.24, 2.45) is 5.41 Å². The van der Waals surface area contributed by atoms with Crippen LogP contribution in [0, 0.1) is 5.41 Å². The van der Waals surface area contributed by atoms with E-state index in [-0.39, 0.29) is 11.3 Å². The standard InChI is InChI=1S/C14H23NO3/c1-13(7-5-6-8-13)11(16)15-14(12(17)18)9-3-2-4-10-14/h2-10H2,1H3,(H,15,16)(H,17,18). The lowest BCUT2D eigenvalue weighted by molar-refractivity contribution is -0.151. The van der Waals surface area contributed by atoms with Crippen LogP contribution in [0.5, 0.6) is 0 Å². The van der Waals surface area contributed by atoms with Gasteiger partial charge in [0.2, 0.25) is 5.91 Å². The largest absolute Gasteiger partial charge is 0.480 e. The molecule has 2 aliphatic carbocycles. The first kappa shape index (κ1) is 13.4. The van der Waals surface area contributed by atoms with E-state index in [4.69, 9.17) is 0 Å². The molecule has 0 spiro atoms. The quantitative estimate of drug-likeness (QED) is 0.812. The highest BCUT2D eigenvalue weighted by Crippen LogP contribution is 2.39. The Bertz CT molecular complexity index is 339. The third-order valence-corrected chi connectivity index (χ3v) is 4.72. The van der Waals surface area contributed by atoms with Crippen molar-refractivity contribution in [1.29, 1.82) is 0 Å². The molecule has 0 saturated heterocycles. The fourth-order valence-corrected chi connectivity index (χ4v) is 3.30. The molecule has 0 heterocycles. The van der Waals surface area contributed by atoms with Gasteiger partial charge in [-0.25, -0.2) is 4.79 Å². The Hall–Kier alpha value is -1.06. The summed E-state index contributed by atoms with van der Waals surface area (Å²) in [7, 11) is 0. The van der Waals surface area contributed by atoms with Crippen LogP contribution in [0.4, 0.5) is 0 Å².